The van der Waals surface area contributed by atoms with Crippen molar-refractivity contribution >= 4 is 23.5 Å². The summed E-state index contributed by atoms with van der Waals surface area (Å²) >= 11 is 6.04. The highest BCUT2D eigenvalue weighted by molar-refractivity contribution is 6.31. The summed E-state index contributed by atoms with van der Waals surface area (Å²) in [6.45, 7) is 3.93. The molecule has 138 valence electrons. The van der Waals surface area contributed by atoms with Gasteiger partial charge in [-0.3, -0.25) is 9.69 Å². The number of unbranched alkanes of at least 4 members (excludes halogenated alkanes) is 1. The lowest BCUT2D eigenvalue weighted by Crippen LogP contribution is -2.44. The van der Waals surface area contributed by atoms with Crippen LogP contribution in [0.5, 0.6) is 0 Å². The van der Waals surface area contributed by atoms with Gasteiger partial charge >= 0.3 is 6.03 Å². The topological polar surface area (TPSA) is 78.9 Å². The molecule has 2 rings (SSSR count). The summed E-state index contributed by atoms with van der Waals surface area (Å²) in [5.74, 6) is -0.295. The van der Waals surface area contributed by atoms with Gasteiger partial charge in [0.15, 0.2) is 0 Å². The van der Waals surface area contributed by atoms with E-state index in [-0.39, 0.29) is 25.7 Å². The Balaban J connectivity index is 1.83. The second kappa shape index (κ2) is 8.65. The Bertz CT molecular complexity index is 625. The molecule has 1 heterocycles. The van der Waals surface area contributed by atoms with Crippen LogP contribution in [0, 0.1) is 0 Å². The number of aliphatic hydroxyl groups is 1. The number of aliphatic hydroxyl groups excluding tert-OH is 1. The highest BCUT2D eigenvalue weighted by atomic mass is 35.5. The Morgan fingerprint density at radius 3 is 2.76 bits per heavy atom. The quantitative estimate of drug-likeness (QED) is 0.657. The predicted molar refractivity (Wildman–Crippen MR) is 95.3 cm³/mol. The maximum absolute atomic E-state index is 12.5. The van der Waals surface area contributed by atoms with Crippen molar-refractivity contribution in [2.24, 2.45) is 0 Å². The first-order valence-electron chi connectivity index (χ1n) is 8.50. The molecule has 0 aliphatic carbocycles. The maximum atomic E-state index is 12.5. The zero-order valence-electron chi connectivity index (χ0n) is 14.6. The molecule has 7 heteroatoms. The molecule has 0 spiro atoms. The minimum absolute atomic E-state index is 0.00789. The molecule has 0 bridgehead atoms. The number of hydrogen-bond donors (Lipinski definition) is 2. The summed E-state index contributed by atoms with van der Waals surface area (Å²) in [6.07, 6.45) is 1.42. The van der Waals surface area contributed by atoms with Gasteiger partial charge in [0.05, 0.1) is 25.9 Å². The third-order valence-electron chi connectivity index (χ3n) is 4.29. The number of hydrogen-bond acceptors (Lipinski definition) is 4. The zero-order chi connectivity index (χ0) is 18.4. The summed E-state index contributed by atoms with van der Waals surface area (Å²) < 4.78 is 5.46. The molecular formula is C18H25ClN2O4. The van der Waals surface area contributed by atoms with Crippen LogP contribution in [0.1, 0.15) is 38.7 Å². The van der Waals surface area contributed by atoms with Crippen molar-refractivity contribution in [3.63, 3.8) is 0 Å². The maximum Gasteiger partial charge on any atom is 0.325 e. The van der Waals surface area contributed by atoms with Crippen molar-refractivity contribution in [1.29, 1.82) is 0 Å². The van der Waals surface area contributed by atoms with Crippen LogP contribution in [0.2, 0.25) is 5.02 Å². The number of amides is 3. The summed E-state index contributed by atoms with van der Waals surface area (Å²) in [5.41, 5.74) is -0.0656. The lowest BCUT2D eigenvalue weighted by molar-refractivity contribution is -0.132. The normalized spacial score (nSPS) is 21.5. The zero-order valence-corrected chi connectivity index (χ0v) is 15.4. The average molecular weight is 369 g/mol. The Labute approximate surface area is 153 Å². The molecule has 1 aromatic carbocycles. The van der Waals surface area contributed by atoms with Gasteiger partial charge < -0.3 is 15.2 Å². The van der Waals surface area contributed by atoms with E-state index in [2.05, 4.69) is 5.32 Å². The van der Waals surface area contributed by atoms with Gasteiger partial charge in [-0.2, -0.15) is 0 Å². The molecule has 1 aliphatic heterocycles. The highest BCUT2D eigenvalue weighted by Crippen LogP contribution is 2.23. The first-order valence-corrected chi connectivity index (χ1v) is 8.88. The SMILES string of the molecule is CCCC[C@@]1(C)NC(=O)N(C[C@H](O)COCc2ccccc2Cl)C1=O. The fraction of sp³-hybridized carbons (Fsp3) is 0.556. The molecule has 0 radical (unpaired) electrons. The van der Waals surface area contributed by atoms with Gasteiger partial charge in [-0.1, -0.05) is 49.6 Å². The minimum atomic E-state index is -0.953. The van der Waals surface area contributed by atoms with Gasteiger partial charge in [0.1, 0.15) is 5.54 Å². The van der Waals surface area contributed by atoms with Crippen LogP contribution in [-0.4, -0.2) is 46.7 Å². The molecule has 1 aliphatic rings. The Hall–Kier alpha value is -1.63. The number of ether oxygens (including phenoxy) is 1. The first-order chi connectivity index (χ1) is 11.9. The Kier molecular flexibility index (Phi) is 6.81. The van der Waals surface area contributed by atoms with Crippen molar-refractivity contribution in [2.45, 2.75) is 51.4 Å². The van der Waals surface area contributed by atoms with Crippen molar-refractivity contribution < 1.29 is 19.4 Å². The molecule has 1 aromatic rings. The third kappa shape index (κ3) is 4.93. The number of imide groups is 1. The van der Waals surface area contributed by atoms with E-state index < -0.39 is 17.7 Å². The average Bonchev–Trinajstić information content (AvgIpc) is 2.78. The molecule has 2 N–H and O–H groups in total. The van der Waals surface area contributed by atoms with Crippen LogP contribution >= 0.6 is 11.6 Å². The Morgan fingerprint density at radius 1 is 1.36 bits per heavy atom. The van der Waals surface area contributed by atoms with Crippen molar-refractivity contribution in [2.75, 3.05) is 13.2 Å². The molecule has 25 heavy (non-hydrogen) atoms. The smallest absolute Gasteiger partial charge is 0.325 e. The van der Waals surface area contributed by atoms with E-state index in [0.717, 1.165) is 23.3 Å². The Morgan fingerprint density at radius 2 is 2.08 bits per heavy atom. The lowest BCUT2D eigenvalue weighted by atomic mass is 9.95. The minimum Gasteiger partial charge on any atom is -0.389 e. The number of halogens is 1. The first kappa shape index (κ1) is 19.7. The largest absolute Gasteiger partial charge is 0.389 e. The predicted octanol–water partition coefficient (Wildman–Crippen LogP) is 2.72. The lowest BCUT2D eigenvalue weighted by Gasteiger charge is -2.22. The molecule has 0 saturated carbocycles. The summed E-state index contributed by atoms with van der Waals surface area (Å²) in [4.78, 5) is 25.6. The van der Waals surface area contributed by atoms with Crippen LogP contribution in [0.25, 0.3) is 0 Å². The van der Waals surface area contributed by atoms with Crippen molar-refractivity contribution in [1.82, 2.24) is 10.2 Å². The standard InChI is InChI=1S/C18H25ClN2O4/c1-3-4-9-18(2)16(23)21(17(24)20-18)10-14(22)12-25-11-13-7-5-6-8-15(13)19/h5-8,14,22H,3-4,9-12H2,1-2H3,(H,20,24)/t14-,18+/m0/s1. The molecule has 6 nitrogen and oxygen atoms in total. The van der Waals surface area contributed by atoms with Gasteiger partial charge in [0, 0.05) is 5.02 Å². The molecule has 0 aromatic heterocycles. The van der Waals surface area contributed by atoms with E-state index >= 15 is 0 Å². The number of carbonyl (C=O) groups is 2. The third-order valence-corrected chi connectivity index (χ3v) is 4.66. The van der Waals surface area contributed by atoms with Gasteiger partial charge in [-0.15, -0.1) is 0 Å². The van der Waals surface area contributed by atoms with Crippen molar-refractivity contribution in [3.8, 4) is 0 Å². The second-order valence-corrected chi connectivity index (χ2v) is 6.95. The molecule has 0 unspecified atom stereocenters. The van der Waals surface area contributed by atoms with Gasteiger partial charge in [-0.25, -0.2) is 4.79 Å². The summed E-state index contributed by atoms with van der Waals surface area (Å²) in [7, 11) is 0. The van der Waals surface area contributed by atoms with Crippen LogP contribution < -0.4 is 5.32 Å². The van der Waals surface area contributed by atoms with E-state index in [1.54, 1.807) is 13.0 Å². The van der Waals surface area contributed by atoms with Crippen LogP contribution in [-0.2, 0) is 16.1 Å². The number of urea groups is 1. The van der Waals surface area contributed by atoms with E-state index in [1.165, 1.54) is 0 Å². The number of nitrogens with one attached hydrogen (secondary N) is 1. The fourth-order valence-corrected chi connectivity index (χ4v) is 2.99. The summed E-state index contributed by atoms with van der Waals surface area (Å²) in [5, 5.41) is 13.4. The molecule has 3 amide bonds. The van der Waals surface area contributed by atoms with Gasteiger partial charge in [0.25, 0.3) is 5.91 Å². The monoisotopic (exact) mass is 368 g/mol. The molecular weight excluding hydrogens is 344 g/mol. The number of rotatable bonds is 9. The van der Waals surface area contributed by atoms with Crippen molar-refractivity contribution in [3.05, 3.63) is 34.9 Å². The van der Waals surface area contributed by atoms with E-state index in [1.807, 2.05) is 25.1 Å². The van der Waals surface area contributed by atoms with Gasteiger partial charge in [-0.05, 0) is 25.0 Å². The fourth-order valence-electron chi connectivity index (χ4n) is 2.80. The highest BCUT2D eigenvalue weighted by Gasteiger charge is 2.47. The molecule has 2 atom stereocenters. The van der Waals surface area contributed by atoms with E-state index in [0.29, 0.717) is 11.4 Å². The van der Waals surface area contributed by atoms with Crippen LogP contribution in [0.15, 0.2) is 24.3 Å². The second-order valence-electron chi connectivity index (χ2n) is 6.54. The molecule has 1 fully saturated rings. The van der Waals surface area contributed by atoms with Crippen LogP contribution in [0.4, 0.5) is 4.79 Å². The summed E-state index contributed by atoms with van der Waals surface area (Å²) in [6, 6.07) is 6.82. The van der Waals surface area contributed by atoms with E-state index in [4.69, 9.17) is 16.3 Å². The van der Waals surface area contributed by atoms with Gasteiger partial charge in [0.2, 0.25) is 0 Å². The van der Waals surface area contributed by atoms with E-state index in [9.17, 15) is 14.7 Å². The number of carbonyl (C=O) groups excluding carboxylic acids is 2. The number of nitrogens with zero attached hydrogens (tertiary/aromatic N) is 1. The van der Waals surface area contributed by atoms with Crippen LogP contribution in [0.3, 0.4) is 0 Å². The molecule has 1 saturated heterocycles. The number of benzene rings is 1. The number of β-amino-alcohol motifs (C(OH)–C–C–N with tert-alkyl or cyclic N) is 1.